The van der Waals surface area contributed by atoms with Gasteiger partial charge in [0.25, 0.3) is 0 Å². The van der Waals surface area contributed by atoms with Crippen molar-refractivity contribution in [2.75, 3.05) is 16.4 Å². The van der Waals surface area contributed by atoms with Crippen molar-refractivity contribution in [1.29, 1.82) is 0 Å². The van der Waals surface area contributed by atoms with Crippen molar-refractivity contribution in [2.45, 2.75) is 26.2 Å². The molecule has 2 amide bonds. The quantitative estimate of drug-likeness (QED) is 0.727. The maximum absolute atomic E-state index is 12.1. The van der Waals surface area contributed by atoms with E-state index in [1.54, 1.807) is 24.3 Å². The fraction of sp³-hybridized carbons (Fsp3) is 0.235. The number of nitrogens with one attached hydrogen (secondary N) is 2. The van der Waals surface area contributed by atoms with Gasteiger partial charge in [-0.25, -0.2) is 4.79 Å². The first-order valence-corrected chi connectivity index (χ1v) is 7.12. The summed E-state index contributed by atoms with van der Waals surface area (Å²) in [6, 6.07) is 14.7. The van der Waals surface area contributed by atoms with Crippen LogP contribution >= 0.6 is 0 Å². The first-order chi connectivity index (χ1) is 10.1. The highest BCUT2D eigenvalue weighted by atomic mass is 16.2. The van der Waals surface area contributed by atoms with E-state index in [0.29, 0.717) is 17.3 Å². The Morgan fingerprint density at radius 3 is 2.43 bits per heavy atom. The predicted octanol–water partition coefficient (Wildman–Crippen LogP) is 4.43. The second-order valence-corrected chi connectivity index (χ2v) is 5.10. The third-order valence-electron chi connectivity index (χ3n) is 3.52. The molecule has 4 N–H and O–H groups in total. The lowest BCUT2D eigenvalue weighted by molar-refractivity contribution is 0.262. The van der Waals surface area contributed by atoms with Gasteiger partial charge in [-0.15, -0.1) is 0 Å². The predicted molar refractivity (Wildman–Crippen MR) is 88.6 cm³/mol. The number of amides is 2. The zero-order valence-corrected chi connectivity index (χ0v) is 12.4. The minimum Gasteiger partial charge on any atom is -0.399 e. The van der Waals surface area contributed by atoms with Crippen LogP contribution in [0.15, 0.2) is 48.5 Å². The summed E-state index contributed by atoms with van der Waals surface area (Å²) >= 11 is 0. The molecule has 0 saturated heterocycles. The normalized spacial score (nSPS) is 11.7. The van der Waals surface area contributed by atoms with Crippen LogP contribution in [0.4, 0.5) is 21.9 Å². The highest BCUT2D eigenvalue weighted by molar-refractivity contribution is 6.00. The largest absolute Gasteiger partial charge is 0.399 e. The lowest BCUT2D eigenvalue weighted by Gasteiger charge is -2.16. The third kappa shape index (κ3) is 3.99. The van der Waals surface area contributed by atoms with Crippen LogP contribution < -0.4 is 16.4 Å². The number of urea groups is 1. The topological polar surface area (TPSA) is 67.2 Å². The molecular weight excluding hydrogens is 262 g/mol. The molecular formula is C17H21N3O. The lowest BCUT2D eigenvalue weighted by atomic mass is 9.97. The smallest absolute Gasteiger partial charge is 0.323 e. The molecule has 1 unspecified atom stereocenters. The minimum atomic E-state index is -0.254. The summed E-state index contributed by atoms with van der Waals surface area (Å²) in [6.45, 7) is 4.29. The van der Waals surface area contributed by atoms with Gasteiger partial charge in [-0.05, 0) is 48.2 Å². The Hall–Kier alpha value is -2.49. The molecule has 0 heterocycles. The number of para-hydroxylation sites is 1. The molecule has 0 saturated carbocycles. The van der Waals surface area contributed by atoms with Crippen molar-refractivity contribution >= 4 is 23.1 Å². The van der Waals surface area contributed by atoms with E-state index in [2.05, 4.69) is 24.5 Å². The number of hydrogen-bond acceptors (Lipinski definition) is 2. The van der Waals surface area contributed by atoms with Crippen LogP contribution in [0.1, 0.15) is 31.7 Å². The van der Waals surface area contributed by atoms with Gasteiger partial charge in [0.15, 0.2) is 0 Å². The summed E-state index contributed by atoms with van der Waals surface area (Å²) in [5.74, 6) is 0.401. The van der Waals surface area contributed by atoms with E-state index in [9.17, 15) is 4.79 Å². The average molecular weight is 283 g/mol. The molecule has 4 nitrogen and oxygen atoms in total. The number of nitrogen functional groups attached to an aromatic ring is 1. The fourth-order valence-electron chi connectivity index (χ4n) is 2.11. The van der Waals surface area contributed by atoms with E-state index < -0.39 is 0 Å². The Balaban J connectivity index is 2.07. The molecule has 0 aliphatic heterocycles. The number of benzene rings is 2. The van der Waals surface area contributed by atoms with Crippen LogP contribution in [-0.4, -0.2) is 6.03 Å². The summed E-state index contributed by atoms with van der Waals surface area (Å²) in [6.07, 6.45) is 1.03. The molecule has 2 aromatic rings. The standard InChI is InChI=1S/C17H21N3O/c1-3-12(2)15-6-4-5-7-16(15)20-17(21)19-14-10-8-13(18)9-11-14/h4-12H,3,18H2,1-2H3,(H2,19,20,21). The van der Waals surface area contributed by atoms with Gasteiger partial charge >= 0.3 is 6.03 Å². The Bertz CT molecular complexity index is 608. The Labute approximate surface area is 125 Å². The molecule has 0 aliphatic carbocycles. The van der Waals surface area contributed by atoms with Gasteiger partial charge in [0.1, 0.15) is 0 Å². The zero-order valence-electron chi connectivity index (χ0n) is 12.4. The zero-order chi connectivity index (χ0) is 15.2. The molecule has 2 rings (SSSR count). The number of rotatable bonds is 4. The van der Waals surface area contributed by atoms with E-state index in [1.807, 2.05) is 24.3 Å². The van der Waals surface area contributed by atoms with Gasteiger partial charge in [-0.3, -0.25) is 0 Å². The van der Waals surface area contributed by atoms with Crippen molar-refractivity contribution in [2.24, 2.45) is 0 Å². The van der Waals surface area contributed by atoms with Crippen molar-refractivity contribution in [3.63, 3.8) is 0 Å². The molecule has 110 valence electrons. The Kier molecular flexibility index (Phi) is 4.82. The van der Waals surface area contributed by atoms with E-state index in [4.69, 9.17) is 5.73 Å². The highest BCUT2D eigenvalue weighted by Crippen LogP contribution is 2.26. The lowest BCUT2D eigenvalue weighted by Crippen LogP contribution is -2.20. The van der Waals surface area contributed by atoms with Crippen LogP contribution in [0.3, 0.4) is 0 Å². The number of anilines is 3. The molecule has 2 aromatic carbocycles. The van der Waals surface area contributed by atoms with Gasteiger partial charge in [0.05, 0.1) is 0 Å². The maximum atomic E-state index is 12.1. The van der Waals surface area contributed by atoms with Crippen molar-refractivity contribution in [3.05, 3.63) is 54.1 Å². The van der Waals surface area contributed by atoms with E-state index >= 15 is 0 Å². The maximum Gasteiger partial charge on any atom is 0.323 e. The SMILES string of the molecule is CCC(C)c1ccccc1NC(=O)Nc1ccc(N)cc1. The number of carbonyl (C=O) groups is 1. The second kappa shape index (κ2) is 6.79. The number of hydrogen-bond donors (Lipinski definition) is 3. The second-order valence-electron chi connectivity index (χ2n) is 5.10. The molecule has 1 atom stereocenters. The van der Waals surface area contributed by atoms with Crippen LogP contribution in [0.25, 0.3) is 0 Å². The fourth-order valence-corrected chi connectivity index (χ4v) is 2.11. The minimum absolute atomic E-state index is 0.254. The summed E-state index contributed by atoms with van der Waals surface area (Å²) in [7, 11) is 0. The van der Waals surface area contributed by atoms with Crippen LogP contribution in [0.5, 0.6) is 0 Å². The highest BCUT2D eigenvalue weighted by Gasteiger charge is 2.10. The van der Waals surface area contributed by atoms with Crippen molar-refractivity contribution in [1.82, 2.24) is 0 Å². The Morgan fingerprint density at radius 2 is 1.76 bits per heavy atom. The molecule has 0 radical (unpaired) electrons. The van der Waals surface area contributed by atoms with Gasteiger partial charge in [0.2, 0.25) is 0 Å². The first kappa shape index (κ1) is 14.9. The number of carbonyl (C=O) groups excluding carboxylic acids is 1. The molecule has 0 aromatic heterocycles. The first-order valence-electron chi connectivity index (χ1n) is 7.12. The third-order valence-corrected chi connectivity index (χ3v) is 3.52. The monoisotopic (exact) mass is 283 g/mol. The molecule has 0 aliphatic rings. The molecule has 4 heteroatoms. The molecule has 0 bridgehead atoms. The van der Waals surface area contributed by atoms with Gasteiger partial charge in [-0.2, -0.15) is 0 Å². The van der Waals surface area contributed by atoms with Crippen molar-refractivity contribution < 1.29 is 4.79 Å². The van der Waals surface area contributed by atoms with Gasteiger partial charge < -0.3 is 16.4 Å². The molecule has 21 heavy (non-hydrogen) atoms. The van der Waals surface area contributed by atoms with E-state index in [-0.39, 0.29) is 6.03 Å². The van der Waals surface area contributed by atoms with Crippen LogP contribution in [0, 0.1) is 0 Å². The van der Waals surface area contributed by atoms with Gasteiger partial charge in [0, 0.05) is 17.1 Å². The van der Waals surface area contributed by atoms with Crippen molar-refractivity contribution in [3.8, 4) is 0 Å². The van der Waals surface area contributed by atoms with Gasteiger partial charge in [-0.1, -0.05) is 32.0 Å². The summed E-state index contributed by atoms with van der Waals surface area (Å²) < 4.78 is 0. The van der Waals surface area contributed by atoms with Crippen LogP contribution in [-0.2, 0) is 0 Å². The Morgan fingerprint density at radius 1 is 1.10 bits per heavy atom. The summed E-state index contributed by atoms with van der Waals surface area (Å²) in [4.78, 5) is 12.1. The molecule has 0 spiro atoms. The van der Waals surface area contributed by atoms with Crippen LogP contribution in [0.2, 0.25) is 0 Å². The summed E-state index contributed by atoms with van der Waals surface area (Å²) in [5, 5.41) is 5.70. The summed E-state index contributed by atoms with van der Waals surface area (Å²) in [5.41, 5.74) is 8.99. The average Bonchev–Trinajstić information content (AvgIpc) is 2.49. The molecule has 0 fully saturated rings. The van der Waals surface area contributed by atoms with E-state index in [1.165, 1.54) is 0 Å². The number of nitrogens with two attached hydrogens (primary N) is 1. The van der Waals surface area contributed by atoms with E-state index in [0.717, 1.165) is 17.7 Å².